The lowest BCUT2D eigenvalue weighted by molar-refractivity contribution is -0.136. The van der Waals surface area contributed by atoms with Crippen LogP contribution in [0.5, 0.6) is 0 Å². The molecule has 0 heterocycles. The summed E-state index contributed by atoms with van der Waals surface area (Å²) in [5, 5.41) is 10.9. The standard InChI is InChI=1S/C7H14N2O3/c1-5(7(12)9(2)3)8-4-6(10)11/h5,8H,4H2,1-3H3,(H,10,11). The van der Waals surface area contributed by atoms with Gasteiger partial charge in [-0.25, -0.2) is 0 Å². The van der Waals surface area contributed by atoms with E-state index in [2.05, 4.69) is 5.32 Å². The van der Waals surface area contributed by atoms with Crippen molar-refractivity contribution in [2.45, 2.75) is 13.0 Å². The second kappa shape index (κ2) is 4.71. The Labute approximate surface area is 71.4 Å². The molecule has 0 fully saturated rings. The molecule has 0 aromatic heterocycles. The molecule has 0 aliphatic rings. The van der Waals surface area contributed by atoms with Crippen molar-refractivity contribution in [3.05, 3.63) is 0 Å². The molecule has 1 unspecified atom stereocenters. The van der Waals surface area contributed by atoms with Crippen LogP contribution in [0.3, 0.4) is 0 Å². The van der Waals surface area contributed by atoms with Crippen LogP contribution in [-0.2, 0) is 9.59 Å². The van der Waals surface area contributed by atoms with E-state index in [4.69, 9.17) is 5.11 Å². The summed E-state index contributed by atoms with van der Waals surface area (Å²) < 4.78 is 0. The number of aliphatic carboxylic acids is 1. The molecule has 1 amide bonds. The highest BCUT2D eigenvalue weighted by atomic mass is 16.4. The summed E-state index contributed by atoms with van der Waals surface area (Å²) in [6.45, 7) is 1.44. The van der Waals surface area contributed by atoms with E-state index >= 15 is 0 Å². The molecule has 12 heavy (non-hydrogen) atoms. The van der Waals surface area contributed by atoms with Crippen LogP contribution in [0, 0.1) is 0 Å². The van der Waals surface area contributed by atoms with Crippen molar-refractivity contribution in [2.24, 2.45) is 0 Å². The maximum absolute atomic E-state index is 11.1. The van der Waals surface area contributed by atoms with Gasteiger partial charge in [-0.1, -0.05) is 0 Å². The van der Waals surface area contributed by atoms with Crippen LogP contribution in [0.15, 0.2) is 0 Å². The fraction of sp³-hybridized carbons (Fsp3) is 0.714. The van der Waals surface area contributed by atoms with Crippen LogP contribution >= 0.6 is 0 Å². The van der Waals surface area contributed by atoms with Gasteiger partial charge in [-0.15, -0.1) is 0 Å². The number of nitrogens with one attached hydrogen (secondary N) is 1. The molecule has 0 aliphatic carbocycles. The number of likely N-dealkylation sites (N-methyl/N-ethyl adjacent to an activating group) is 1. The number of carboxylic acids is 1. The Morgan fingerprint density at radius 3 is 2.33 bits per heavy atom. The van der Waals surface area contributed by atoms with Crippen LogP contribution in [0.1, 0.15) is 6.92 Å². The minimum atomic E-state index is -0.964. The fourth-order valence-electron chi connectivity index (χ4n) is 0.715. The van der Waals surface area contributed by atoms with E-state index in [1.165, 1.54) is 4.90 Å². The van der Waals surface area contributed by atoms with E-state index in [9.17, 15) is 9.59 Å². The predicted octanol–water partition coefficient (Wildman–Crippen LogP) is -0.863. The zero-order valence-electron chi connectivity index (χ0n) is 7.50. The maximum atomic E-state index is 11.1. The van der Waals surface area contributed by atoms with Gasteiger partial charge in [0.25, 0.3) is 0 Å². The van der Waals surface area contributed by atoms with Gasteiger partial charge in [0.2, 0.25) is 5.91 Å². The lowest BCUT2D eigenvalue weighted by Gasteiger charge is -2.16. The minimum absolute atomic E-state index is 0.128. The lowest BCUT2D eigenvalue weighted by atomic mass is 10.3. The number of amides is 1. The van der Waals surface area contributed by atoms with Crippen molar-refractivity contribution in [2.75, 3.05) is 20.6 Å². The molecule has 70 valence electrons. The molecule has 0 radical (unpaired) electrons. The van der Waals surface area contributed by atoms with E-state index < -0.39 is 12.0 Å². The average Bonchev–Trinajstić information content (AvgIpc) is 1.98. The highest BCUT2D eigenvalue weighted by molar-refractivity contribution is 5.81. The molecule has 0 saturated carbocycles. The monoisotopic (exact) mass is 174 g/mol. The number of nitrogens with zero attached hydrogens (tertiary/aromatic N) is 1. The number of carboxylic acid groups (broad SMARTS) is 1. The summed E-state index contributed by atoms with van der Waals surface area (Å²) in [5.41, 5.74) is 0. The smallest absolute Gasteiger partial charge is 0.317 e. The Bertz CT molecular complexity index is 179. The van der Waals surface area contributed by atoms with Gasteiger partial charge in [0, 0.05) is 14.1 Å². The van der Waals surface area contributed by atoms with Crippen molar-refractivity contribution >= 4 is 11.9 Å². The summed E-state index contributed by atoms with van der Waals surface area (Å²) in [4.78, 5) is 22.7. The van der Waals surface area contributed by atoms with E-state index in [0.29, 0.717) is 0 Å². The number of hydrogen-bond donors (Lipinski definition) is 2. The van der Waals surface area contributed by atoms with Crippen LogP contribution < -0.4 is 5.32 Å². The van der Waals surface area contributed by atoms with Crippen molar-refractivity contribution in [3.8, 4) is 0 Å². The van der Waals surface area contributed by atoms with E-state index in [1.54, 1.807) is 21.0 Å². The van der Waals surface area contributed by atoms with Crippen molar-refractivity contribution in [3.63, 3.8) is 0 Å². The Hall–Kier alpha value is -1.10. The summed E-state index contributed by atoms with van der Waals surface area (Å²) in [7, 11) is 3.25. The molecule has 5 heteroatoms. The lowest BCUT2D eigenvalue weighted by Crippen LogP contribution is -2.43. The number of carbonyl (C=O) groups excluding carboxylic acids is 1. The average molecular weight is 174 g/mol. The van der Waals surface area contributed by atoms with Gasteiger partial charge in [0.15, 0.2) is 0 Å². The normalized spacial score (nSPS) is 12.2. The topological polar surface area (TPSA) is 69.6 Å². The van der Waals surface area contributed by atoms with Crippen LogP contribution in [-0.4, -0.2) is 48.6 Å². The molecule has 0 bridgehead atoms. The Morgan fingerprint density at radius 1 is 1.50 bits per heavy atom. The van der Waals surface area contributed by atoms with Gasteiger partial charge in [-0.05, 0) is 6.92 Å². The molecule has 0 aromatic rings. The molecular weight excluding hydrogens is 160 g/mol. The summed E-state index contributed by atoms with van der Waals surface area (Å²) in [6, 6.07) is -0.448. The third kappa shape index (κ3) is 3.92. The highest BCUT2D eigenvalue weighted by Gasteiger charge is 2.14. The number of rotatable bonds is 4. The highest BCUT2D eigenvalue weighted by Crippen LogP contribution is 1.87. The summed E-state index contributed by atoms with van der Waals surface area (Å²) in [6.07, 6.45) is 0. The molecule has 0 rings (SSSR count). The molecule has 0 saturated heterocycles. The zero-order chi connectivity index (χ0) is 9.72. The third-order valence-corrected chi connectivity index (χ3v) is 1.37. The Balaban J connectivity index is 3.79. The second-order valence-corrected chi connectivity index (χ2v) is 2.73. The SMILES string of the molecule is CC(NCC(=O)O)C(=O)N(C)C. The summed E-state index contributed by atoms with van der Waals surface area (Å²) >= 11 is 0. The largest absolute Gasteiger partial charge is 0.480 e. The van der Waals surface area contributed by atoms with Gasteiger partial charge in [-0.3, -0.25) is 14.9 Å². The van der Waals surface area contributed by atoms with Crippen molar-refractivity contribution in [1.82, 2.24) is 10.2 Å². The zero-order valence-corrected chi connectivity index (χ0v) is 7.50. The van der Waals surface area contributed by atoms with Crippen LogP contribution in [0.4, 0.5) is 0 Å². The maximum Gasteiger partial charge on any atom is 0.317 e. The molecule has 0 aromatic carbocycles. The van der Waals surface area contributed by atoms with Crippen LogP contribution in [0.2, 0.25) is 0 Å². The van der Waals surface area contributed by atoms with Gasteiger partial charge in [-0.2, -0.15) is 0 Å². The molecule has 0 spiro atoms. The van der Waals surface area contributed by atoms with E-state index in [-0.39, 0.29) is 12.5 Å². The number of carbonyl (C=O) groups is 2. The van der Waals surface area contributed by atoms with Gasteiger partial charge >= 0.3 is 5.97 Å². The molecule has 5 nitrogen and oxygen atoms in total. The molecule has 2 N–H and O–H groups in total. The van der Waals surface area contributed by atoms with Crippen molar-refractivity contribution in [1.29, 1.82) is 0 Å². The Morgan fingerprint density at radius 2 is 2.00 bits per heavy atom. The Kier molecular flexibility index (Phi) is 4.28. The van der Waals surface area contributed by atoms with Gasteiger partial charge < -0.3 is 10.0 Å². The third-order valence-electron chi connectivity index (χ3n) is 1.37. The van der Waals surface area contributed by atoms with E-state index in [1.807, 2.05) is 0 Å². The minimum Gasteiger partial charge on any atom is -0.480 e. The quantitative estimate of drug-likeness (QED) is 0.581. The van der Waals surface area contributed by atoms with Gasteiger partial charge in [0.1, 0.15) is 0 Å². The molecular formula is C7H14N2O3. The predicted molar refractivity (Wildman–Crippen MR) is 43.8 cm³/mol. The second-order valence-electron chi connectivity index (χ2n) is 2.73. The fourth-order valence-corrected chi connectivity index (χ4v) is 0.715. The molecule has 0 aliphatic heterocycles. The first kappa shape index (κ1) is 10.9. The first-order chi connectivity index (χ1) is 5.45. The first-order valence-corrected chi connectivity index (χ1v) is 3.61. The van der Waals surface area contributed by atoms with E-state index in [0.717, 1.165) is 0 Å². The van der Waals surface area contributed by atoms with Crippen LogP contribution in [0.25, 0.3) is 0 Å². The van der Waals surface area contributed by atoms with Crippen molar-refractivity contribution < 1.29 is 14.7 Å². The molecule has 1 atom stereocenters. The summed E-state index contributed by atoms with van der Waals surface area (Å²) in [5.74, 6) is -1.09. The first-order valence-electron chi connectivity index (χ1n) is 3.61. The van der Waals surface area contributed by atoms with Gasteiger partial charge in [0.05, 0.1) is 12.6 Å². The number of hydrogen-bond acceptors (Lipinski definition) is 3.